The second kappa shape index (κ2) is 7.57. The number of aromatic nitrogens is 2. The molecule has 2 heterocycles. The van der Waals surface area contributed by atoms with E-state index in [1.54, 1.807) is 20.3 Å². The molecule has 0 saturated carbocycles. The van der Waals surface area contributed by atoms with Crippen LogP contribution in [-0.2, 0) is 13.0 Å². The van der Waals surface area contributed by atoms with E-state index < -0.39 is 0 Å². The number of aryl methyl sites for hydroxylation is 1. The van der Waals surface area contributed by atoms with Gasteiger partial charge < -0.3 is 14.8 Å². The van der Waals surface area contributed by atoms with Crippen molar-refractivity contribution in [1.82, 2.24) is 20.4 Å². The van der Waals surface area contributed by atoms with Gasteiger partial charge in [0.15, 0.2) is 11.5 Å². The number of hydrogen-bond acceptors (Lipinski definition) is 5. The van der Waals surface area contributed by atoms with E-state index in [1.807, 2.05) is 13.0 Å². The Balaban J connectivity index is 1.55. The minimum atomic E-state index is -0.145. The Morgan fingerprint density at radius 2 is 1.96 bits per heavy atom. The smallest absolute Gasteiger partial charge is 0.271 e. The van der Waals surface area contributed by atoms with Crippen LogP contribution in [0.15, 0.2) is 18.2 Å². The molecule has 1 aliphatic rings. The molecule has 0 spiro atoms. The van der Waals surface area contributed by atoms with Crippen LogP contribution >= 0.6 is 0 Å². The average Bonchev–Trinajstić information content (AvgIpc) is 3.06. The number of ether oxygens (including phenoxy) is 2. The van der Waals surface area contributed by atoms with E-state index in [2.05, 4.69) is 26.5 Å². The van der Waals surface area contributed by atoms with Crippen LogP contribution in [-0.4, -0.2) is 54.9 Å². The van der Waals surface area contributed by atoms with E-state index in [1.165, 1.54) is 11.1 Å². The van der Waals surface area contributed by atoms with Crippen molar-refractivity contribution in [2.75, 3.05) is 33.9 Å². The number of rotatable bonds is 6. The molecule has 25 heavy (non-hydrogen) atoms. The normalized spacial score (nSPS) is 14.0. The molecule has 1 aromatic heterocycles. The zero-order valence-corrected chi connectivity index (χ0v) is 14.9. The molecule has 7 heteroatoms. The van der Waals surface area contributed by atoms with Gasteiger partial charge in [-0.05, 0) is 42.7 Å². The van der Waals surface area contributed by atoms with Gasteiger partial charge in [0.05, 0.1) is 14.2 Å². The van der Waals surface area contributed by atoms with Crippen LogP contribution in [0.3, 0.4) is 0 Å². The number of amides is 1. The Bertz CT molecular complexity index is 757. The van der Waals surface area contributed by atoms with Gasteiger partial charge in [-0.15, -0.1) is 0 Å². The van der Waals surface area contributed by atoms with Crippen LogP contribution < -0.4 is 14.8 Å². The molecule has 0 saturated heterocycles. The van der Waals surface area contributed by atoms with Gasteiger partial charge in [0.2, 0.25) is 0 Å². The fourth-order valence-corrected chi connectivity index (χ4v) is 3.08. The van der Waals surface area contributed by atoms with E-state index in [4.69, 9.17) is 9.47 Å². The third-order valence-corrected chi connectivity index (χ3v) is 4.45. The van der Waals surface area contributed by atoms with Crippen molar-refractivity contribution in [3.63, 3.8) is 0 Å². The quantitative estimate of drug-likeness (QED) is 0.831. The number of fused-ring (bicyclic) bond motifs is 1. The Hall–Kier alpha value is -2.54. The second-order valence-corrected chi connectivity index (χ2v) is 6.19. The lowest BCUT2D eigenvalue weighted by Gasteiger charge is -2.29. The minimum absolute atomic E-state index is 0.145. The van der Waals surface area contributed by atoms with Crippen molar-refractivity contribution < 1.29 is 14.3 Å². The Kier molecular flexibility index (Phi) is 5.23. The molecule has 2 N–H and O–H groups in total. The molecular formula is C18H24N4O3. The molecule has 1 amide bonds. The molecule has 0 radical (unpaired) electrons. The van der Waals surface area contributed by atoms with Crippen LogP contribution in [0.25, 0.3) is 0 Å². The van der Waals surface area contributed by atoms with Crippen molar-refractivity contribution >= 4 is 5.91 Å². The van der Waals surface area contributed by atoms with E-state index in [-0.39, 0.29) is 5.91 Å². The summed E-state index contributed by atoms with van der Waals surface area (Å²) >= 11 is 0. The molecule has 0 atom stereocenters. The monoisotopic (exact) mass is 344 g/mol. The number of benzene rings is 1. The standard InChI is InChI=1S/C18H24N4O3/c1-12-8-15(21-20-12)18(23)19-5-7-22-6-4-13-9-16(24-2)17(25-3)10-14(13)11-22/h8-10H,4-7,11H2,1-3H3,(H,19,23)(H,20,21). The van der Waals surface area contributed by atoms with E-state index in [0.717, 1.165) is 43.2 Å². The maximum absolute atomic E-state index is 12.0. The topological polar surface area (TPSA) is 79.5 Å². The molecule has 7 nitrogen and oxygen atoms in total. The largest absolute Gasteiger partial charge is 0.493 e. The maximum atomic E-state index is 12.0. The molecule has 1 aliphatic heterocycles. The van der Waals surface area contributed by atoms with Gasteiger partial charge in [-0.3, -0.25) is 14.8 Å². The van der Waals surface area contributed by atoms with Crippen LogP contribution in [0.5, 0.6) is 11.5 Å². The van der Waals surface area contributed by atoms with Gasteiger partial charge >= 0.3 is 0 Å². The second-order valence-electron chi connectivity index (χ2n) is 6.19. The third-order valence-electron chi connectivity index (χ3n) is 4.45. The first-order chi connectivity index (χ1) is 12.1. The van der Waals surface area contributed by atoms with Gasteiger partial charge in [0.25, 0.3) is 5.91 Å². The number of H-pyrrole nitrogens is 1. The highest BCUT2D eigenvalue weighted by molar-refractivity contribution is 5.92. The van der Waals surface area contributed by atoms with Crippen molar-refractivity contribution in [3.8, 4) is 11.5 Å². The first kappa shape index (κ1) is 17.3. The van der Waals surface area contributed by atoms with Gasteiger partial charge in [-0.2, -0.15) is 5.10 Å². The fourth-order valence-electron chi connectivity index (χ4n) is 3.08. The molecule has 0 aliphatic carbocycles. The van der Waals surface area contributed by atoms with Crippen molar-refractivity contribution in [2.45, 2.75) is 19.9 Å². The summed E-state index contributed by atoms with van der Waals surface area (Å²) in [5.74, 6) is 1.38. The van der Waals surface area contributed by atoms with Crippen molar-refractivity contribution in [3.05, 3.63) is 40.7 Å². The zero-order valence-electron chi connectivity index (χ0n) is 14.9. The van der Waals surface area contributed by atoms with E-state index in [0.29, 0.717) is 12.2 Å². The predicted octanol–water partition coefficient (Wildman–Crippen LogP) is 1.52. The number of hydrogen-bond donors (Lipinski definition) is 2. The Morgan fingerprint density at radius 3 is 2.60 bits per heavy atom. The van der Waals surface area contributed by atoms with Gasteiger partial charge in [0, 0.05) is 31.9 Å². The average molecular weight is 344 g/mol. The summed E-state index contributed by atoms with van der Waals surface area (Å²) < 4.78 is 10.8. The fraction of sp³-hybridized carbons (Fsp3) is 0.444. The van der Waals surface area contributed by atoms with Crippen molar-refractivity contribution in [1.29, 1.82) is 0 Å². The highest BCUT2D eigenvalue weighted by atomic mass is 16.5. The van der Waals surface area contributed by atoms with E-state index >= 15 is 0 Å². The summed E-state index contributed by atoms with van der Waals surface area (Å²) in [6, 6.07) is 5.85. The Labute approximate surface area is 147 Å². The van der Waals surface area contributed by atoms with Crippen LogP contribution in [0.4, 0.5) is 0 Å². The number of carbonyl (C=O) groups excluding carboxylic acids is 1. The van der Waals surface area contributed by atoms with Crippen LogP contribution in [0.2, 0.25) is 0 Å². The van der Waals surface area contributed by atoms with Crippen LogP contribution in [0.1, 0.15) is 27.3 Å². The number of aromatic amines is 1. The summed E-state index contributed by atoms with van der Waals surface area (Å²) in [6.45, 7) is 5.06. The summed E-state index contributed by atoms with van der Waals surface area (Å²) in [7, 11) is 3.31. The van der Waals surface area contributed by atoms with Gasteiger partial charge in [0.1, 0.15) is 5.69 Å². The predicted molar refractivity (Wildman–Crippen MR) is 94.2 cm³/mol. The molecule has 0 bridgehead atoms. The number of carbonyl (C=O) groups is 1. The zero-order chi connectivity index (χ0) is 17.8. The first-order valence-corrected chi connectivity index (χ1v) is 8.37. The third kappa shape index (κ3) is 3.93. The summed E-state index contributed by atoms with van der Waals surface area (Å²) in [5.41, 5.74) is 3.85. The number of nitrogens with one attached hydrogen (secondary N) is 2. The summed E-state index contributed by atoms with van der Waals surface area (Å²) in [4.78, 5) is 14.3. The molecule has 3 rings (SSSR count). The number of nitrogens with zero attached hydrogens (tertiary/aromatic N) is 2. The maximum Gasteiger partial charge on any atom is 0.271 e. The molecule has 134 valence electrons. The van der Waals surface area contributed by atoms with Crippen molar-refractivity contribution in [2.24, 2.45) is 0 Å². The summed E-state index contributed by atoms with van der Waals surface area (Å²) in [5, 5.41) is 9.66. The highest BCUT2D eigenvalue weighted by Gasteiger charge is 2.19. The van der Waals surface area contributed by atoms with Crippen LogP contribution in [0, 0.1) is 6.92 Å². The lowest BCUT2D eigenvalue weighted by Crippen LogP contribution is -2.38. The lowest BCUT2D eigenvalue weighted by atomic mass is 9.99. The molecule has 2 aromatic rings. The van der Waals surface area contributed by atoms with Gasteiger partial charge in [-0.25, -0.2) is 0 Å². The van der Waals surface area contributed by atoms with Gasteiger partial charge in [-0.1, -0.05) is 0 Å². The van der Waals surface area contributed by atoms with E-state index in [9.17, 15) is 4.79 Å². The minimum Gasteiger partial charge on any atom is -0.493 e. The summed E-state index contributed by atoms with van der Waals surface area (Å²) in [6.07, 6.45) is 0.961. The lowest BCUT2D eigenvalue weighted by molar-refractivity contribution is 0.0942. The number of methoxy groups -OCH3 is 2. The molecule has 1 aromatic carbocycles. The molecule has 0 unspecified atom stereocenters. The highest BCUT2D eigenvalue weighted by Crippen LogP contribution is 2.33. The first-order valence-electron chi connectivity index (χ1n) is 8.37. The molecular weight excluding hydrogens is 320 g/mol. The Morgan fingerprint density at radius 1 is 1.24 bits per heavy atom. The molecule has 0 fully saturated rings. The SMILES string of the molecule is COc1cc2c(cc1OC)CN(CCNC(=O)c1cc(C)[nH]n1)CC2.